The molecular weight excluding hydrogens is 232 g/mol. The number of pyridine rings is 1. The second-order valence-corrected chi connectivity index (χ2v) is 4.51. The van der Waals surface area contributed by atoms with Crippen LogP contribution < -0.4 is 5.32 Å². The average molecular weight is 250 g/mol. The van der Waals surface area contributed by atoms with E-state index in [9.17, 15) is 10.1 Å². The van der Waals surface area contributed by atoms with E-state index in [0.29, 0.717) is 11.9 Å². The van der Waals surface area contributed by atoms with Gasteiger partial charge in [0.2, 0.25) is 0 Å². The third-order valence-electron chi connectivity index (χ3n) is 3.34. The number of nitro groups is 1. The van der Waals surface area contributed by atoms with Gasteiger partial charge in [0.1, 0.15) is 5.82 Å². The number of hydrogen-bond acceptors (Lipinski definition) is 5. The van der Waals surface area contributed by atoms with E-state index in [4.69, 9.17) is 0 Å². The van der Waals surface area contributed by atoms with Gasteiger partial charge in [0.15, 0.2) is 0 Å². The number of piperidine rings is 1. The molecule has 0 radical (unpaired) electrons. The zero-order valence-corrected chi connectivity index (χ0v) is 10.5. The lowest BCUT2D eigenvalue weighted by atomic mass is 10.1. The maximum absolute atomic E-state index is 10.7. The fourth-order valence-corrected chi connectivity index (χ4v) is 2.21. The van der Waals surface area contributed by atoms with Crippen molar-refractivity contribution in [1.82, 2.24) is 9.88 Å². The summed E-state index contributed by atoms with van der Waals surface area (Å²) in [5.74, 6) is 0.596. The molecule has 0 atom stereocenters. The highest BCUT2D eigenvalue weighted by Gasteiger charge is 2.18. The molecule has 2 heterocycles. The van der Waals surface area contributed by atoms with Crippen LogP contribution >= 0.6 is 0 Å². The molecule has 0 aliphatic carbocycles. The molecule has 1 fully saturated rings. The van der Waals surface area contributed by atoms with Crippen molar-refractivity contribution in [2.75, 3.05) is 25.0 Å². The first-order chi connectivity index (χ1) is 8.69. The SMILES string of the molecule is CCN1CCC(Nc2cc([N+](=O)[O-])ccn2)CC1. The summed E-state index contributed by atoms with van der Waals surface area (Å²) >= 11 is 0. The Morgan fingerprint density at radius 2 is 2.28 bits per heavy atom. The number of aromatic nitrogens is 1. The zero-order chi connectivity index (χ0) is 13.0. The van der Waals surface area contributed by atoms with Gasteiger partial charge in [-0.25, -0.2) is 4.98 Å². The Hall–Kier alpha value is -1.69. The van der Waals surface area contributed by atoms with E-state index in [1.807, 2.05) is 0 Å². The van der Waals surface area contributed by atoms with Gasteiger partial charge >= 0.3 is 0 Å². The van der Waals surface area contributed by atoms with E-state index in [0.717, 1.165) is 32.5 Å². The summed E-state index contributed by atoms with van der Waals surface area (Å²) in [5.41, 5.74) is 0.0819. The Kier molecular flexibility index (Phi) is 4.09. The molecule has 1 aliphatic rings. The highest BCUT2D eigenvalue weighted by molar-refractivity contribution is 5.44. The molecule has 18 heavy (non-hydrogen) atoms. The first-order valence-electron chi connectivity index (χ1n) is 6.28. The van der Waals surface area contributed by atoms with Gasteiger partial charge in [-0.05, 0) is 19.4 Å². The van der Waals surface area contributed by atoms with Crippen LogP contribution in [0.5, 0.6) is 0 Å². The molecule has 98 valence electrons. The van der Waals surface area contributed by atoms with Crippen LogP contribution in [0.4, 0.5) is 11.5 Å². The second kappa shape index (κ2) is 5.77. The molecule has 1 aromatic heterocycles. The van der Waals surface area contributed by atoms with Crippen LogP contribution in [0.3, 0.4) is 0 Å². The topological polar surface area (TPSA) is 71.3 Å². The number of hydrogen-bond donors (Lipinski definition) is 1. The lowest BCUT2D eigenvalue weighted by molar-refractivity contribution is -0.384. The van der Waals surface area contributed by atoms with Gasteiger partial charge in [-0.2, -0.15) is 0 Å². The number of rotatable bonds is 4. The van der Waals surface area contributed by atoms with E-state index >= 15 is 0 Å². The van der Waals surface area contributed by atoms with Crippen molar-refractivity contribution in [2.24, 2.45) is 0 Å². The molecule has 1 aromatic rings. The largest absolute Gasteiger partial charge is 0.367 e. The molecule has 0 unspecified atom stereocenters. The smallest absolute Gasteiger partial charge is 0.274 e. The summed E-state index contributed by atoms with van der Waals surface area (Å²) in [6, 6.07) is 3.26. The Balaban J connectivity index is 1.94. The summed E-state index contributed by atoms with van der Waals surface area (Å²) in [6.07, 6.45) is 3.58. The molecular formula is C12H18N4O2. The minimum atomic E-state index is -0.396. The Morgan fingerprint density at radius 1 is 1.56 bits per heavy atom. The summed E-state index contributed by atoms with van der Waals surface area (Å²) < 4.78 is 0. The fraction of sp³-hybridized carbons (Fsp3) is 0.583. The van der Waals surface area contributed by atoms with Crippen molar-refractivity contribution in [3.05, 3.63) is 28.4 Å². The molecule has 6 heteroatoms. The third kappa shape index (κ3) is 3.16. The van der Waals surface area contributed by atoms with E-state index in [-0.39, 0.29) is 5.69 Å². The lowest BCUT2D eigenvalue weighted by Crippen LogP contribution is -2.38. The highest BCUT2D eigenvalue weighted by Crippen LogP contribution is 2.18. The maximum atomic E-state index is 10.7. The van der Waals surface area contributed by atoms with E-state index in [1.165, 1.54) is 18.3 Å². The van der Waals surface area contributed by atoms with E-state index < -0.39 is 4.92 Å². The van der Waals surface area contributed by atoms with Crippen LogP contribution in [0.15, 0.2) is 18.3 Å². The van der Waals surface area contributed by atoms with Crippen LogP contribution in [0.25, 0.3) is 0 Å². The predicted molar refractivity (Wildman–Crippen MR) is 69.7 cm³/mol. The molecule has 1 saturated heterocycles. The lowest BCUT2D eigenvalue weighted by Gasteiger charge is -2.31. The number of nitrogens with zero attached hydrogens (tertiary/aromatic N) is 3. The summed E-state index contributed by atoms with van der Waals surface area (Å²) in [4.78, 5) is 16.8. The molecule has 0 saturated carbocycles. The summed E-state index contributed by atoms with van der Waals surface area (Å²) in [5, 5.41) is 13.9. The van der Waals surface area contributed by atoms with E-state index in [2.05, 4.69) is 22.1 Å². The average Bonchev–Trinajstić information content (AvgIpc) is 2.40. The normalized spacial score (nSPS) is 17.6. The van der Waals surface area contributed by atoms with Crippen LogP contribution in [0, 0.1) is 10.1 Å². The predicted octanol–water partition coefficient (Wildman–Crippen LogP) is 1.89. The van der Waals surface area contributed by atoms with E-state index in [1.54, 1.807) is 0 Å². The Labute approximate surface area is 106 Å². The van der Waals surface area contributed by atoms with Gasteiger partial charge in [-0.3, -0.25) is 10.1 Å². The van der Waals surface area contributed by atoms with Crippen LogP contribution in [0.1, 0.15) is 19.8 Å². The molecule has 0 aromatic carbocycles. The molecule has 6 nitrogen and oxygen atoms in total. The van der Waals surface area contributed by atoms with Gasteiger partial charge in [0.05, 0.1) is 11.0 Å². The number of likely N-dealkylation sites (tertiary alicyclic amines) is 1. The van der Waals surface area contributed by atoms with Crippen molar-refractivity contribution in [3.8, 4) is 0 Å². The fourth-order valence-electron chi connectivity index (χ4n) is 2.21. The molecule has 0 amide bonds. The monoisotopic (exact) mass is 250 g/mol. The second-order valence-electron chi connectivity index (χ2n) is 4.51. The maximum Gasteiger partial charge on any atom is 0.274 e. The first-order valence-corrected chi connectivity index (χ1v) is 6.28. The molecule has 1 aliphatic heterocycles. The standard InChI is InChI=1S/C12H18N4O2/c1-2-15-7-4-10(5-8-15)14-12-9-11(16(17)18)3-6-13-12/h3,6,9-10H,2,4-5,7-8H2,1H3,(H,13,14). The van der Waals surface area contributed by atoms with Crippen molar-refractivity contribution in [2.45, 2.75) is 25.8 Å². The number of nitrogens with one attached hydrogen (secondary N) is 1. The molecule has 0 spiro atoms. The van der Waals surface area contributed by atoms with Gasteiger partial charge in [-0.1, -0.05) is 6.92 Å². The van der Waals surface area contributed by atoms with Gasteiger partial charge < -0.3 is 10.2 Å². The zero-order valence-electron chi connectivity index (χ0n) is 10.5. The third-order valence-corrected chi connectivity index (χ3v) is 3.34. The van der Waals surface area contributed by atoms with Crippen molar-refractivity contribution < 1.29 is 4.92 Å². The Bertz CT molecular complexity index is 416. The first kappa shape index (κ1) is 12.8. The molecule has 1 N–H and O–H groups in total. The van der Waals surface area contributed by atoms with Crippen LogP contribution in [-0.2, 0) is 0 Å². The quantitative estimate of drug-likeness (QED) is 0.652. The van der Waals surface area contributed by atoms with Crippen molar-refractivity contribution >= 4 is 11.5 Å². The van der Waals surface area contributed by atoms with Crippen molar-refractivity contribution in [1.29, 1.82) is 0 Å². The Morgan fingerprint density at radius 3 is 2.89 bits per heavy atom. The summed E-state index contributed by atoms with van der Waals surface area (Å²) in [6.45, 7) is 5.39. The van der Waals surface area contributed by atoms with Crippen LogP contribution in [0.2, 0.25) is 0 Å². The minimum Gasteiger partial charge on any atom is -0.367 e. The van der Waals surface area contributed by atoms with Crippen molar-refractivity contribution in [3.63, 3.8) is 0 Å². The molecule has 2 rings (SSSR count). The van der Waals surface area contributed by atoms with Crippen LogP contribution in [-0.4, -0.2) is 40.5 Å². The molecule has 0 bridgehead atoms. The van der Waals surface area contributed by atoms with Gasteiger partial charge in [0, 0.05) is 31.4 Å². The summed E-state index contributed by atoms with van der Waals surface area (Å²) in [7, 11) is 0. The van der Waals surface area contributed by atoms with Gasteiger partial charge in [-0.15, -0.1) is 0 Å². The highest BCUT2D eigenvalue weighted by atomic mass is 16.6. The minimum absolute atomic E-state index is 0.0819. The number of anilines is 1. The van der Waals surface area contributed by atoms with Gasteiger partial charge in [0.25, 0.3) is 5.69 Å².